The van der Waals surface area contributed by atoms with Gasteiger partial charge in [-0.05, 0) is 49.9 Å². The van der Waals surface area contributed by atoms with Crippen molar-refractivity contribution in [2.45, 2.75) is 51.0 Å². The fourth-order valence-corrected chi connectivity index (χ4v) is 5.59. The highest BCUT2D eigenvalue weighted by molar-refractivity contribution is 7.89. The summed E-state index contributed by atoms with van der Waals surface area (Å²) in [6, 6.07) is 13.1. The lowest BCUT2D eigenvalue weighted by atomic mass is 9.93. The standard InChI is InChI=1S/C24H30N4O5S/c1-5-27(6-2)34(32,33)20-16-19(13-12-17(20)3)21(29)26-28-22(30)24(4,25-23(28)31)15-14-18-10-8-7-9-11-18/h7-13,16H,5-6,14-15H2,1-4H3,(H,25,31)(H,26,29)/t24-/m0/s1. The number of benzene rings is 2. The van der Waals surface area contributed by atoms with Gasteiger partial charge in [-0.1, -0.05) is 50.2 Å². The van der Waals surface area contributed by atoms with E-state index in [1.54, 1.807) is 27.7 Å². The van der Waals surface area contributed by atoms with E-state index >= 15 is 0 Å². The molecule has 0 aliphatic carbocycles. The summed E-state index contributed by atoms with van der Waals surface area (Å²) < 4.78 is 27.3. The van der Waals surface area contributed by atoms with Crippen molar-refractivity contribution in [2.75, 3.05) is 13.1 Å². The van der Waals surface area contributed by atoms with Gasteiger partial charge in [-0.3, -0.25) is 15.0 Å². The highest BCUT2D eigenvalue weighted by Crippen LogP contribution is 2.24. The van der Waals surface area contributed by atoms with Crippen LogP contribution in [0.4, 0.5) is 4.79 Å². The Hall–Kier alpha value is -3.24. The molecule has 0 spiro atoms. The van der Waals surface area contributed by atoms with Crippen LogP contribution in [0.5, 0.6) is 0 Å². The van der Waals surface area contributed by atoms with Crippen molar-refractivity contribution >= 4 is 27.9 Å². The Balaban J connectivity index is 1.78. The Kier molecular flexibility index (Phi) is 7.42. The predicted molar refractivity (Wildman–Crippen MR) is 127 cm³/mol. The number of hydrogen-bond acceptors (Lipinski definition) is 5. The number of carbonyl (C=O) groups is 3. The molecule has 182 valence electrons. The molecule has 4 amide bonds. The zero-order valence-corrected chi connectivity index (χ0v) is 20.6. The Morgan fingerprint density at radius 2 is 1.74 bits per heavy atom. The van der Waals surface area contributed by atoms with Crippen molar-refractivity contribution in [1.29, 1.82) is 0 Å². The van der Waals surface area contributed by atoms with Crippen LogP contribution in [0.1, 0.15) is 48.7 Å². The second-order valence-electron chi connectivity index (χ2n) is 8.40. The molecule has 10 heteroatoms. The van der Waals surface area contributed by atoms with Gasteiger partial charge in [-0.25, -0.2) is 13.2 Å². The van der Waals surface area contributed by atoms with Gasteiger partial charge in [0.2, 0.25) is 10.0 Å². The molecule has 1 heterocycles. The fraction of sp³-hybridized carbons (Fsp3) is 0.375. The summed E-state index contributed by atoms with van der Waals surface area (Å²) in [5, 5.41) is 3.31. The van der Waals surface area contributed by atoms with Gasteiger partial charge < -0.3 is 5.32 Å². The van der Waals surface area contributed by atoms with Gasteiger partial charge in [0.25, 0.3) is 11.8 Å². The molecule has 1 saturated heterocycles. The Morgan fingerprint density at radius 1 is 1.09 bits per heavy atom. The van der Waals surface area contributed by atoms with E-state index < -0.39 is 33.4 Å². The first-order chi connectivity index (χ1) is 16.0. The number of hydrogen-bond donors (Lipinski definition) is 2. The molecule has 0 radical (unpaired) electrons. The summed E-state index contributed by atoms with van der Waals surface area (Å²) in [5.74, 6) is -1.34. The topological polar surface area (TPSA) is 116 Å². The van der Waals surface area contributed by atoms with Gasteiger partial charge in [-0.2, -0.15) is 9.31 Å². The number of imide groups is 1. The monoisotopic (exact) mass is 486 g/mol. The van der Waals surface area contributed by atoms with Crippen molar-refractivity contribution < 1.29 is 22.8 Å². The summed E-state index contributed by atoms with van der Waals surface area (Å²) in [6.45, 7) is 7.31. The average molecular weight is 487 g/mol. The molecule has 1 fully saturated rings. The summed E-state index contributed by atoms with van der Waals surface area (Å²) in [7, 11) is -3.80. The maximum atomic E-state index is 13.0. The number of nitrogens with one attached hydrogen (secondary N) is 2. The van der Waals surface area contributed by atoms with Crippen molar-refractivity contribution in [3.05, 3.63) is 65.2 Å². The van der Waals surface area contributed by atoms with Crippen molar-refractivity contribution in [3.63, 3.8) is 0 Å². The summed E-state index contributed by atoms with van der Waals surface area (Å²) in [6.07, 6.45) is 0.917. The van der Waals surface area contributed by atoms with Gasteiger partial charge in [0.15, 0.2) is 0 Å². The molecule has 0 unspecified atom stereocenters. The number of nitrogens with zero attached hydrogens (tertiary/aromatic N) is 2. The number of carbonyl (C=O) groups excluding carboxylic acids is 3. The lowest BCUT2D eigenvalue weighted by Gasteiger charge is -2.22. The lowest BCUT2D eigenvalue weighted by molar-refractivity contribution is -0.132. The third-order valence-corrected chi connectivity index (χ3v) is 8.20. The van der Waals surface area contributed by atoms with E-state index in [9.17, 15) is 22.8 Å². The van der Waals surface area contributed by atoms with Gasteiger partial charge >= 0.3 is 6.03 Å². The van der Waals surface area contributed by atoms with E-state index in [0.717, 1.165) is 5.56 Å². The van der Waals surface area contributed by atoms with E-state index in [1.165, 1.54) is 22.5 Å². The minimum absolute atomic E-state index is 0.00810. The first-order valence-electron chi connectivity index (χ1n) is 11.2. The van der Waals surface area contributed by atoms with Crippen LogP contribution < -0.4 is 10.7 Å². The Bertz CT molecular complexity index is 1200. The first kappa shape index (κ1) is 25.4. The molecule has 2 N–H and O–H groups in total. The van der Waals surface area contributed by atoms with E-state index in [2.05, 4.69) is 10.7 Å². The number of amides is 4. The minimum atomic E-state index is -3.80. The van der Waals surface area contributed by atoms with Gasteiger partial charge in [0.1, 0.15) is 5.54 Å². The van der Waals surface area contributed by atoms with Crippen LogP contribution in [0.15, 0.2) is 53.4 Å². The third kappa shape index (κ3) is 4.97. The van der Waals surface area contributed by atoms with Crippen molar-refractivity contribution in [1.82, 2.24) is 20.1 Å². The molecular weight excluding hydrogens is 456 g/mol. The van der Waals surface area contributed by atoms with Crippen LogP contribution in [-0.4, -0.2) is 54.2 Å². The molecule has 3 rings (SSSR count). The van der Waals surface area contributed by atoms with Gasteiger partial charge in [-0.15, -0.1) is 0 Å². The van der Waals surface area contributed by atoms with E-state index in [1.807, 2.05) is 30.3 Å². The molecule has 2 aromatic rings. The minimum Gasteiger partial charge on any atom is -0.322 e. The largest absolute Gasteiger partial charge is 0.344 e. The van der Waals surface area contributed by atoms with Crippen LogP contribution in [0.3, 0.4) is 0 Å². The number of urea groups is 1. The summed E-state index contributed by atoms with van der Waals surface area (Å²) in [4.78, 5) is 38.4. The SMILES string of the molecule is CCN(CC)S(=O)(=O)c1cc(C(=O)NN2C(=O)N[C@@](C)(CCc3ccccc3)C2=O)ccc1C. The van der Waals surface area contributed by atoms with E-state index in [-0.39, 0.29) is 10.5 Å². The highest BCUT2D eigenvalue weighted by atomic mass is 32.2. The fourth-order valence-electron chi connectivity index (χ4n) is 3.88. The molecule has 0 bridgehead atoms. The molecule has 1 aliphatic rings. The Morgan fingerprint density at radius 3 is 2.35 bits per heavy atom. The second kappa shape index (κ2) is 9.94. The number of rotatable bonds is 9. The first-order valence-corrected chi connectivity index (χ1v) is 12.6. The zero-order chi connectivity index (χ0) is 25.1. The van der Waals surface area contributed by atoms with Crippen LogP contribution in [-0.2, 0) is 21.2 Å². The summed E-state index contributed by atoms with van der Waals surface area (Å²) in [5.41, 5.74) is 2.69. The van der Waals surface area contributed by atoms with Crippen molar-refractivity contribution in [3.8, 4) is 0 Å². The normalized spacial score (nSPS) is 18.3. The van der Waals surface area contributed by atoms with Crippen LogP contribution in [0.25, 0.3) is 0 Å². The van der Waals surface area contributed by atoms with Gasteiger partial charge in [0.05, 0.1) is 4.90 Å². The maximum absolute atomic E-state index is 13.0. The number of hydrazine groups is 1. The second-order valence-corrected chi connectivity index (χ2v) is 10.3. The van der Waals surface area contributed by atoms with E-state index in [4.69, 9.17) is 0 Å². The van der Waals surface area contributed by atoms with E-state index in [0.29, 0.717) is 36.5 Å². The maximum Gasteiger partial charge on any atom is 0.344 e. The molecule has 2 aromatic carbocycles. The predicted octanol–water partition coefficient (Wildman–Crippen LogP) is 2.61. The van der Waals surface area contributed by atoms with Crippen molar-refractivity contribution in [2.24, 2.45) is 0 Å². The molecule has 1 atom stereocenters. The molecule has 1 aliphatic heterocycles. The Labute approximate surface area is 200 Å². The molecular formula is C24H30N4O5S. The van der Waals surface area contributed by atoms with Gasteiger partial charge in [0, 0.05) is 18.7 Å². The highest BCUT2D eigenvalue weighted by Gasteiger charge is 2.48. The smallest absolute Gasteiger partial charge is 0.322 e. The van der Waals surface area contributed by atoms with Crippen LogP contribution in [0.2, 0.25) is 0 Å². The molecule has 9 nitrogen and oxygen atoms in total. The average Bonchev–Trinajstić information content (AvgIpc) is 3.02. The third-order valence-electron chi connectivity index (χ3n) is 6.00. The van der Waals surface area contributed by atoms with Crippen LogP contribution in [0, 0.1) is 6.92 Å². The molecule has 0 saturated carbocycles. The molecule has 0 aromatic heterocycles. The number of sulfonamides is 1. The number of aryl methyl sites for hydroxylation is 2. The lowest BCUT2D eigenvalue weighted by Crippen LogP contribution is -2.49. The zero-order valence-electron chi connectivity index (χ0n) is 19.8. The molecule has 34 heavy (non-hydrogen) atoms. The summed E-state index contributed by atoms with van der Waals surface area (Å²) >= 11 is 0. The van der Waals surface area contributed by atoms with Crippen LogP contribution >= 0.6 is 0 Å². The quantitative estimate of drug-likeness (QED) is 0.529.